The van der Waals surface area contributed by atoms with Crippen LogP contribution in [0.5, 0.6) is 0 Å². The Bertz CT molecular complexity index is 1020. The highest BCUT2D eigenvalue weighted by molar-refractivity contribution is 7.92. The number of ether oxygens (including phenoxy) is 1. The minimum atomic E-state index is -3.94. The molecular weight excluding hydrogens is 450 g/mol. The van der Waals surface area contributed by atoms with Crippen LogP contribution in [0.2, 0.25) is 5.02 Å². The monoisotopic (exact) mass is 479 g/mol. The summed E-state index contributed by atoms with van der Waals surface area (Å²) in [5.74, 6) is -0.350. The second kappa shape index (κ2) is 11.1. The van der Waals surface area contributed by atoms with Crippen LogP contribution in [0.1, 0.15) is 17.5 Å². The number of hydrogen-bond donors (Lipinski definition) is 1. The van der Waals surface area contributed by atoms with Crippen molar-refractivity contribution >= 4 is 33.2 Å². The van der Waals surface area contributed by atoms with Crippen molar-refractivity contribution in [2.24, 2.45) is 0 Å². The van der Waals surface area contributed by atoms with Crippen molar-refractivity contribution in [3.05, 3.63) is 58.6 Å². The van der Waals surface area contributed by atoms with Crippen molar-refractivity contribution in [1.82, 2.24) is 10.2 Å². The number of nitrogens with zero attached hydrogens (tertiary/aromatic N) is 2. The summed E-state index contributed by atoms with van der Waals surface area (Å²) in [6, 6.07) is 11.6. The SMILES string of the molecule is Cc1ccc(S(=O)(=O)N(CC(=O)NCCCN2CCOCC2)c2ccc(Cl)cc2C)cc1. The number of nitrogens with one attached hydrogen (secondary N) is 1. The van der Waals surface area contributed by atoms with E-state index in [9.17, 15) is 13.2 Å². The molecule has 2 aromatic carbocycles. The number of rotatable bonds is 9. The maximum absolute atomic E-state index is 13.4. The molecule has 1 amide bonds. The molecule has 0 unspecified atom stereocenters. The maximum atomic E-state index is 13.4. The Morgan fingerprint density at radius 3 is 2.47 bits per heavy atom. The highest BCUT2D eigenvalue weighted by Gasteiger charge is 2.28. The average Bonchev–Trinajstić information content (AvgIpc) is 2.76. The van der Waals surface area contributed by atoms with Crippen LogP contribution < -0.4 is 9.62 Å². The van der Waals surface area contributed by atoms with Crippen LogP contribution >= 0.6 is 11.6 Å². The molecule has 0 aromatic heterocycles. The van der Waals surface area contributed by atoms with Crippen molar-refractivity contribution in [3.63, 3.8) is 0 Å². The Hall–Kier alpha value is -2.13. The molecule has 9 heteroatoms. The van der Waals surface area contributed by atoms with E-state index in [1.807, 2.05) is 6.92 Å². The summed E-state index contributed by atoms with van der Waals surface area (Å²) in [7, 11) is -3.94. The molecule has 1 aliphatic heterocycles. The fourth-order valence-corrected chi connectivity index (χ4v) is 5.29. The minimum absolute atomic E-state index is 0.137. The van der Waals surface area contributed by atoms with Gasteiger partial charge in [-0.3, -0.25) is 14.0 Å². The molecular formula is C23H30ClN3O4S. The van der Waals surface area contributed by atoms with Gasteiger partial charge in [-0.2, -0.15) is 0 Å². The predicted octanol–water partition coefficient (Wildman–Crippen LogP) is 2.99. The van der Waals surface area contributed by atoms with E-state index < -0.39 is 10.0 Å². The molecule has 0 saturated carbocycles. The van der Waals surface area contributed by atoms with Gasteiger partial charge in [-0.05, 0) is 62.7 Å². The van der Waals surface area contributed by atoms with Crippen molar-refractivity contribution in [2.45, 2.75) is 25.2 Å². The van der Waals surface area contributed by atoms with E-state index in [4.69, 9.17) is 16.3 Å². The van der Waals surface area contributed by atoms with Gasteiger partial charge in [-0.15, -0.1) is 0 Å². The van der Waals surface area contributed by atoms with Crippen LogP contribution in [0.25, 0.3) is 0 Å². The van der Waals surface area contributed by atoms with E-state index in [2.05, 4.69) is 10.2 Å². The lowest BCUT2D eigenvalue weighted by Crippen LogP contribution is -2.42. The van der Waals surface area contributed by atoms with Crippen molar-refractivity contribution < 1.29 is 17.9 Å². The third kappa shape index (κ3) is 6.45. The van der Waals surface area contributed by atoms with Gasteiger partial charge in [0.25, 0.3) is 10.0 Å². The summed E-state index contributed by atoms with van der Waals surface area (Å²) >= 11 is 6.07. The highest BCUT2D eigenvalue weighted by atomic mass is 35.5. The average molecular weight is 480 g/mol. The first-order valence-corrected chi connectivity index (χ1v) is 12.5. The Labute approximate surface area is 195 Å². The third-order valence-corrected chi connectivity index (χ3v) is 7.41. The number of morpholine rings is 1. The van der Waals surface area contributed by atoms with Crippen molar-refractivity contribution in [3.8, 4) is 0 Å². The zero-order valence-corrected chi connectivity index (χ0v) is 20.1. The standard InChI is InChI=1S/C23H30ClN3O4S/c1-18-4-7-21(8-5-18)32(29,30)27(22-9-6-20(24)16-19(22)2)17-23(28)25-10-3-11-26-12-14-31-15-13-26/h4-9,16H,3,10-15,17H2,1-2H3,(H,25,28). The Kier molecular flexibility index (Phi) is 8.53. The molecule has 0 aliphatic carbocycles. The van der Waals surface area contributed by atoms with Crippen LogP contribution in [0.15, 0.2) is 47.4 Å². The molecule has 3 rings (SSSR count). The first-order valence-electron chi connectivity index (χ1n) is 10.7. The lowest BCUT2D eigenvalue weighted by Gasteiger charge is -2.27. The zero-order valence-electron chi connectivity index (χ0n) is 18.5. The largest absolute Gasteiger partial charge is 0.379 e. The smallest absolute Gasteiger partial charge is 0.264 e. The summed E-state index contributed by atoms with van der Waals surface area (Å²) < 4.78 is 33.4. The fourth-order valence-electron chi connectivity index (χ4n) is 3.58. The molecule has 1 aliphatic rings. The molecule has 0 bridgehead atoms. The molecule has 0 radical (unpaired) electrons. The number of carbonyl (C=O) groups excluding carboxylic acids is 1. The number of benzene rings is 2. The van der Waals surface area contributed by atoms with Crippen LogP contribution in [0.3, 0.4) is 0 Å². The molecule has 0 atom stereocenters. The van der Waals surface area contributed by atoms with Crippen LogP contribution in [-0.2, 0) is 19.6 Å². The lowest BCUT2D eigenvalue weighted by molar-refractivity contribution is -0.119. The molecule has 2 aromatic rings. The van der Waals surface area contributed by atoms with E-state index in [1.54, 1.807) is 49.4 Å². The second-order valence-corrected chi connectivity index (χ2v) is 10.2. The molecule has 1 N–H and O–H groups in total. The number of carbonyl (C=O) groups is 1. The van der Waals surface area contributed by atoms with Gasteiger partial charge in [-0.25, -0.2) is 8.42 Å². The number of anilines is 1. The van der Waals surface area contributed by atoms with Gasteiger partial charge >= 0.3 is 0 Å². The molecule has 174 valence electrons. The van der Waals surface area contributed by atoms with Gasteiger partial charge in [0.2, 0.25) is 5.91 Å². The molecule has 1 fully saturated rings. The number of sulfonamides is 1. The van der Waals surface area contributed by atoms with E-state index in [-0.39, 0.29) is 17.3 Å². The third-order valence-electron chi connectivity index (χ3n) is 5.40. The summed E-state index contributed by atoms with van der Waals surface area (Å²) in [4.78, 5) is 15.1. The molecule has 32 heavy (non-hydrogen) atoms. The summed E-state index contributed by atoms with van der Waals surface area (Å²) in [6.07, 6.45) is 0.788. The van der Waals surface area contributed by atoms with Gasteiger partial charge < -0.3 is 10.1 Å². The van der Waals surface area contributed by atoms with Gasteiger partial charge in [0.1, 0.15) is 6.54 Å². The first kappa shape index (κ1) is 24.5. The normalized spacial score (nSPS) is 14.8. The Morgan fingerprint density at radius 1 is 1.12 bits per heavy atom. The van der Waals surface area contributed by atoms with Gasteiger partial charge in [0, 0.05) is 24.7 Å². The van der Waals surface area contributed by atoms with Crippen LogP contribution in [-0.4, -0.2) is 65.2 Å². The molecule has 1 heterocycles. The quantitative estimate of drug-likeness (QED) is 0.559. The van der Waals surface area contributed by atoms with Crippen LogP contribution in [0, 0.1) is 13.8 Å². The number of hydrogen-bond acceptors (Lipinski definition) is 5. The van der Waals surface area contributed by atoms with Crippen molar-refractivity contribution in [2.75, 3.05) is 50.2 Å². The number of aryl methyl sites for hydroxylation is 2. The predicted molar refractivity (Wildman–Crippen MR) is 127 cm³/mol. The second-order valence-electron chi connectivity index (χ2n) is 7.91. The summed E-state index contributed by atoms with van der Waals surface area (Å²) in [5, 5.41) is 3.36. The van der Waals surface area contributed by atoms with Gasteiger partial charge in [-0.1, -0.05) is 29.3 Å². The molecule has 7 nitrogen and oxygen atoms in total. The zero-order chi connectivity index (χ0) is 23.1. The van der Waals surface area contributed by atoms with Crippen molar-refractivity contribution in [1.29, 1.82) is 0 Å². The molecule has 1 saturated heterocycles. The Morgan fingerprint density at radius 2 is 1.81 bits per heavy atom. The van der Waals surface area contributed by atoms with E-state index >= 15 is 0 Å². The topological polar surface area (TPSA) is 79.0 Å². The fraction of sp³-hybridized carbons (Fsp3) is 0.435. The summed E-state index contributed by atoms with van der Waals surface area (Å²) in [5.41, 5.74) is 2.06. The number of amides is 1. The highest BCUT2D eigenvalue weighted by Crippen LogP contribution is 2.29. The van der Waals surface area contributed by atoms with E-state index in [1.165, 1.54) is 0 Å². The summed E-state index contributed by atoms with van der Waals surface area (Å²) in [6.45, 7) is 7.97. The van der Waals surface area contributed by atoms with Gasteiger partial charge in [0.15, 0.2) is 0 Å². The lowest BCUT2D eigenvalue weighted by atomic mass is 10.2. The minimum Gasteiger partial charge on any atom is -0.379 e. The van der Waals surface area contributed by atoms with E-state index in [0.717, 1.165) is 49.1 Å². The Balaban J connectivity index is 1.72. The van der Waals surface area contributed by atoms with E-state index in [0.29, 0.717) is 22.8 Å². The number of halogens is 1. The maximum Gasteiger partial charge on any atom is 0.264 e. The van der Waals surface area contributed by atoms with Gasteiger partial charge in [0.05, 0.1) is 23.8 Å². The van der Waals surface area contributed by atoms with Crippen LogP contribution in [0.4, 0.5) is 5.69 Å². The first-order chi connectivity index (χ1) is 15.3. The molecule has 0 spiro atoms.